The molecular formula is C35H29N3O3. The van der Waals surface area contributed by atoms with Gasteiger partial charge in [-0.15, -0.1) is 0 Å². The second kappa shape index (κ2) is 12.2. The number of nitrogens with zero attached hydrogens (tertiary/aromatic N) is 3. The molecule has 6 aromatic rings. The van der Waals surface area contributed by atoms with E-state index in [1.165, 1.54) is 0 Å². The van der Waals surface area contributed by atoms with Crippen LogP contribution < -0.4 is 14.2 Å². The molecular weight excluding hydrogens is 510 g/mol. The lowest BCUT2D eigenvalue weighted by Gasteiger charge is -2.15. The first-order valence-corrected chi connectivity index (χ1v) is 13.4. The van der Waals surface area contributed by atoms with Crippen LogP contribution in [0.4, 0.5) is 0 Å². The minimum atomic E-state index is 0.419. The first kappa shape index (κ1) is 25.9. The van der Waals surface area contributed by atoms with Crippen molar-refractivity contribution in [3.05, 3.63) is 145 Å². The van der Waals surface area contributed by atoms with E-state index in [4.69, 9.17) is 19.3 Å². The molecule has 0 aliphatic carbocycles. The molecule has 0 aliphatic heterocycles. The van der Waals surface area contributed by atoms with E-state index in [0.717, 1.165) is 45.2 Å². The van der Waals surface area contributed by atoms with E-state index in [-0.39, 0.29) is 0 Å². The molecule has 0 saturated heterocycles. The standard InChI is InChI=1S/C35H29N3O3/c1-39-30-18-15-28(16-19-30)31-23-32(38(37-31)35-14-8-9-21-36-35)29-17-20-33(40-24-26-10-4-2-5-11-26)34(22-29)41-25-27-12-6-3-7-13-27/h2-23H,24-25H2,1H3. The fourth-order valence-electron chi connectivity index (χ4n) is 4.51. The van der Waals surface area contributed by atoms with Crippen molar-refractivity contribution in [1.29, 1.82) is 0 Å². The van der Waals surface area contributed by atoms with Crippen LogP contribution in [0, 0.1) is 0 Å². The zero-order valence-electron chi connectivity index (χ0n) is 22.7. The van der Waals surface area contributed by atoms with Crippen LogP contribution in [0.3, 0.4) is 0 Å². The van der Waals surface area contributed by atoms with Crippen LogP contribution in [0.2, 0.25) is 0 Å². The SMILES string of the molecule is COc1ccc(-c2cc(-c3ccc(OCc4ccccc4)c(OCc4ccccc4)c3)n(-c3ccccn3)n2)cc1. The van der Waals surface area contributed by atoms with Crippen LogP contribution in [-0.4, -0.2) is 21.9 Å². The van der Waals surface area contributed by atoms with Gasteiger partial charge in [-0.2, -0.15) is 5.10 Å². The van der Waals surface area contributed by atoms with E-state index in [1.807, 2.05) is 126 Å². The van der Waals surface area contributed by atoms with Crippen LogP contribution >= 0.6 is 0 Å². The van der Waals surface area contributed by atoms with Gasteiger partial charge in [-0.3, -0.25) is 0 Å². The smallest absolute Gasteiger partial charge is 0.162 e. The molecule has 4 aromatic carbocycles. The minimum absolute atomic E-state index is 0.419. The summed E-state index contributed by atoms with van der Waals surface area (Å²) in [5.74, 6) is 2.85. The highest BCUT2D eigenvalue weighted by molar-refractivity contribution is 5.72. The lowest BCUT2D eigenvalue weighted by atomic mass is 10.1. The van der Waals surface area contributed by atoms with Gasteiger partial charge in [-0.25, -0.2) is 9.67 Å². The topological polar surface area (TPSA) is 58.4 Å². The Kier molecular flexibility index (Phi) is 7.72. The number of hydrogen-bond donors (Lipinski definition) is 0. The van der Waals surface area contributed by atoms with Gasteiger partial charge in [-0.1, -0.05) is 66.7 Å². The van der Waals surface area contributed by atoms with E-state index >= 15 is 0 Å². The van der Waals surface area contributed by atoms with Crippen LogP contribution in [0.1, 0.15) is 11.1 Å². The van der Waals surface area contributed by atoms with Gasteiger partial charge in [0.05, 0.1) is 18.5 Å². The van der Waals surface area contributed by atoms with E-state index in [2.05, 4.69) is 11.1 Å². The summed E-state index contributed by atoms with van der Waals surface area (Å²) in [4.78, 5) is 4.57. The van der Waals surface area contributed by atoms with Gasteiger partial charge in [0, 0.05) is 17.3 Å². The van der Waals surface area contributed by atoms with Crippen LogP contribution in [0.25, 0.3) is 28.3 Å². The van der Waals surface area contributed by atoms with Gasteiger partial charge >= 0.3 is 0 Å². The lowest BCUT2D eigenvalue weighted by Crippen LogP contribution is -2.03. The highest BCUT2D eigenvalue weighted by Crippen LogP contribution is 2.36. The summed E-state index contributed by atoms with van der Waals surface area (Å²) in [6, 6.07) is 41.9. The van der Waals surface area contributed by atoms with E-state index in [9.17, 15) is 0 Å². The Morgan fingerprint density at radius 3 is 1.88 bits per heavy atom. The second-order valence-electron chi connectivity index (χ2n) is 9.45. The number of methoxy groups -OCH3 is 1. The summed E-state index contributed by atoms with van der Waals surface area (Å²) in [6.45, 7) is 0.859. The zero-order valence-corrected chi connectivity index (χ0v) is 22.7. The molecule has 0 spiro atoms. The van der Waals surface area contributed by atoms with Crippen molar-refractivity contribution in [2.45, 2.75) is 13.2 Å². The highest BCUT2D eigenvalue weighted by Gasteiger charge is 2.17. The van der Waals surface area contributed by atoms with Crippen LogP contribution in [-0.2, 0) is 13.2 Å². The van der Waals surface area contributed by atoms with Crippen molar-refractivity contribution in [3.8, 4) is 45.6 Å². The molecule has 0 saturated carbocycles. The number of ether oxygens (including phenoxy) is 3. The molecule has 0 atom stereocenters. The molecule has 6 nitrogen and oxygen atoms in total. The number of hydrogen-bond acceptors (Lipinski definition) is 5. The van der Waals surface area contributed by atoms with Gasteiger partial charge in [0.1, 0.15) is 19.0 Å². The summed E-state index contributed by atoms with van der Waals surface area (Å²) < 4.78 is 19.8. The predicted octanol–water partition coefficient (Wildman–Crippen LogP) is 7.77. The van der Waals surface area contributed by atoms with Gasteiger partial charge in [0.15, 0.2) is 17.3 Å². The average molecular weight is 540 g/mol. The predicted molar refractivity (Wildman–Crippen MR) is 160 cm³/mol. The third kappa shape index (κ3) is 6.12. The second-order valence-corrected chi connectivity index (χ2v) is 9.45. The summed E-state index contributed by atoms with van der Waals surface area (Å²) >= 11 is 0. The molecule has 2 aromatic heterocycles. The molecule has 0 unspecified atom stereocenters. The largest absolute Gasteiger partial charge is 0.497 e. The summed E-state index contributed by atoms with van der Waals surface area (Å²) in [7, 11) is 1.66. The average Bonchev–Trinajstić information content (AvgIpc) is 3.50. The zero-order chi connectivity index (χ0) is 27.9. The van der Waals surface area contributed by atoms with Gasteiger partial charge < -0.3 is 14.2 Å². The Balaban J connectivity index is 1.39. The maximum Gasteiger partial charge on any atom is 0.162 e. The molecule has 202 valence electrons. The minimum Gasteiger partial charge on any atom is -0.497 e. The first-order valence-electron chi connectivity index (χ1n) is 13.4. The Morgan fingerprint density at radius 1 is 0.610 bits per heavy atom. The molecule has 2 heterocycles. The van der Waals surface area contributed by atoms with Gasteiger partial charge in [-0.05, 0) is 71.8 Å². The molecule has 0 fully saturated rings. The maximum absolute atomic E-state index is 6.35. The molecule has 0 radical (unpaired) electrons. The molecule has 0 amide bonds. The molecule has 6 heteroatoms. The van der Waals surface area contributed by atoms with E-state index in [1.54, 1.807) is 13.3 Å². The normalized spacial score (nSPS) is 10.8. The third-order valence-corrected chi connectivity index (χ3v) is 6.68. The number of rotatable bonds is 10. The summed E-state index contributed by atoms with van der Waals surface area (Å²) in [6.07, 6.45) is 1.77. The number of aromatic nitrogens is 3. The monoisotopic (exact) mass is 539 g/mol. The van der Waals surface area contributed by atoms with Gasteiger partial charge in [0.2, 0.25) is 0 Å². The van der Waals surface area contributed by atoms with Gasteiger partial charge in [0.25, 0.3) is 0 Å². The highest BCUT2D eigenvalue weighted by atomic mass is 16.5. The Labute approximate surface area is 239 Å². The summed E-state index contributed by atoms with van der Waals surface area (Å²) in [5.41, 5.74) is 5.77. The number of benzene rings is 4. The summed E-state index contributed by atoms with van der Waals surface area (Å²) in [5, 5.41) is 4.95. The van der Waals surface area contributed by atoms with Crippen LogP contribution in [0.5, 0.6) is 17.2 Å². The molecule has 0 aliphatic rings. The van der Waals surface area contributed by atoms with Crippen molar-refractivity contribution >= 4 is 0 Å². The lowest BCUT2D eigenvalue weighted by molar-refractivity contribution is 0.256. The molecule has 41 heavy (non-hydrogen) atoms. The Hall–Kier alpha value is -5.36. The fourth-order valence-corrected chi connectivity index (χ4v) is 4.51. The van der Waals surface area contributed by atoms with Crippen molar-refractivity contribution < 1.29 is 14.2 Å². The Bertz CT molecular complexity index is 1700. The van der Waals surface area contributed by atoms with Crippen molar-refractivity contribution in [3.63, 3.8) is 0 Å². The fraction of sp³-hybridized carbons (Fsp3) is 0.0857. The van der Waals surface area contributed by atoms with Crippen molar-refractivity contribution in [1.82, 2.24) is 14.8 Å². The third-order valence-electron chi connectivity index (χ3n) is 6.68. The first-order chi connectivity index (χ1) is 20.3. The molecule has 6 rings (SSSR count). The molecule has 0 bridgehead atoms. The Morgan fingerprint density at radius 2 is 1.24 bits per heavy atom. The maximum atomic E-state index is 6.35. The van der Waals surface area contributed by atoms with E-state index < -0.39 is 0 Å². The van der Waals surface area contributed by atoms with Crippen LogP contribution in [0.15, 0.2) is 134 Å². The number of pyridine rings is 1. The molecule has 0 N–H and O–H groups in total. The van der Waals surface area contributed by atoms with E-state index in [0.29, 0.717) is 24.7 Å². The van der Waals surface area contributed by atoms with Crippen molar-refractivity contribution in [2.24, 2.45) is 0 Å². The van der Waals surface area contributed by atoms with Crippen molar-refractivity contribution in [2.75, 3.05) is 7.11 Å². The quantitative estimate of drug-likeness (QED) is 0.178.